The van der Waals surface area contributed by atoms with E-state index in [0.29, 0.717) is 0 Å². The van der Waals surface area contributed by atoms with Gasteiger partial charge >= 0.3 is 189 Å². The third kappa shape index (κ3) is 3.97. The molecule has 2 atom stereocenters. The van der Waals surface area contributed by atoms with Crippen molar-refractivity contribution in [3.05, 3.63) is 81.9 Å². The van der Waals surface area contributed by atoms with Crippen molar-refractivity contribution >= 4 is 12.2 Å². The average Bonchev–Trinajstić information content (AvgIpc) is 3.29. The number of hydrogen-bond acceptors (Lipinski definition) is 0. The van der Waals surface area contributed by atoms with Gasteiger partial charge in [-0.05, 0) is 0 Å². The van der Waals surface area contributed by atoms with Crippen molar-refractivity contribution in [3.8, 4) is 0 Å². The Kier molecular flexibility index (Phi) is 6.88. The minimum absolute atomic E-state index is 0.863. The molecule has 2 aliphatic carbocycles. The first-order valence-electron chi connectivity index (χ1n) is 10.9. The van der Waals surface area contributed by atoms with Crippen LogP contribution in [0, 0.1) is 0 Å². The zero-order chi connectivity index (χ0) is 19.7. The summed E-state index contributed by atoms with van der Waals surface area (Å²) in [5, 5.41) is 0. The molecule has 0 N–H and O–H groups in total. The van der Waals surface area contributed by atoms with Gasteiger partial charge in [0.2, 0.25) is 0 Å². The topological polar surface area (TPSA) is 0 Å². The minimum atomic E-state index is -1.65. The molecule has 144 valence electrons. The van der Waals surface area contributed by atoms with Crippen LogP contribution in [0.25, 0.3) is 12.2 Å². The van der Waals surface area contributed by atoms with E-state index in [1.807, 2.05) is 0 Å². The van der Waals surface area contributed by atoms with E-state index in [0.717, 1.165) is 7.35 Å². The Hall–Kier alpha value is -0.340. The van der Waals surface area contributed by atoms with Gasteiger partial charge in [-0.3, -0.25) is 0 Å². The van der Waals surface area contributed by atoms with Gasteiger partial charge in [0, 0.05) is 0 Å². The average molecular weight is 702 g/mol. The molecule has 0 saturated carbocycles. The van der Waals surface area contributed by atoms with Gasteiger partial charge < -0.3 is 0 Å². The summed E-state index contributed by atoms with van der Waals surface area (Å²) >= 11 is -3.30. The van der Waals surface area contributed by atoms with Gasteiger partial charge in [0.15, 0.2) is 0 Å². The molecule has 0 heterocycles. The van der Waals surface area contributed by atoms with E-state index < -0.39 is 42.9 Å². The first-order valence-corrected chi connectivity index (χ1v) is 27.3. The van der Waals surface area contributed by atoms with Crippen molar-refractivity contribution < 1.29 is 42.9 Å². The van der Waals surface area contributed by atoms with E-state index in [4.69, 9.17) is 0 Å². The predicted octanol–water partition coefficient (Wildman–Crippen LogP) is 8.25. The molecular weight excluding hydrogens is 669 g/mol. The number of hydrogen-bond donors (Lipinski definition) is 0. The Labute approximate surface area is 187 Å². The molecule has 2 aromatic rings. The van der Waals surface area contributed by atoms with Crippen LogP contribution in [0.5, 0.6) is 0 Å². The van der Waals surface area contributed by atoms with E-state index >= 15 is 0 Å². The second kappa shape index (κ2) is 9.21. The summed E-state index contributed by atoms with van der Waals surface area (Å²) in [7, 11) is 0. The van der Waals surface area contributed by atoms with Crippen LogP contribution >= 0.6 is 0 Å². The molecule has 2 unspecified atom stereocenters. The Morgan fingerprint density at radius 2 is 1.04 bits per heavy atom. The summed E-state index contributed by atoms with van der Waals surface area (Å²) in [6.07, 6.45) is 7.51. The van der Waals surface area contributed by atoms with Crippen LogP contribution in [0.3, 0.4) is 0 Å². The fourth-order valence-corrected chi connectivity index (χ4v) is 45.7. The van der Waals surface area contributed by atoms with Crippen LogP contribution in [-0.4, -0.2) is 0 Å². The van der Waals surface area contributed by atoms with Gasteiger partial charge in [-0.1, -0.05) is 0 Å². The van der Waals surface area contributed by atoms with Gasteiger partial charge in [-0.25, -0.2) is 0 Å². The Morgan fingerprint density at radius 3 is 1.43 bits per heavy atom. The summed E-state index contributed by atoms with van der Waals surface area (Å²) in [4.78, 5) is 0. The monoisotopic (exact) mass is 704 g/mol. The Bertz CT molecular complexity index is 833. The van der Waals surface area contributed by atoms with E-state index in [9.17, 15) is 0 Å². The standard InChI is InChI=1S/2C11H11.C2H4.2CH3.2Hf/c2*1-2-9-7-10-5-3-4-6-11(10)8-9;1-2;;;;/h2*3-8H,2H2,1H3;1-2H2;2*1H3;;. The fourth-order valence-electron chi connectivity index (χ4n) is 5.24. The zero-order valence-electron chi connectivity index (χ0n) is 17.8. The van der Waals surface area contributed by atoms with E-state index in [1.54, 1.807) is 30.6 Å². The molecule has 0 aromatic heterocycles. The van der Waals surface area contributed by atoms with Gasteiger partial charge in [-0.15, -0.1) is 0 Å². The van der Waals surface area contributed by atoms with Crippen LogP contribution < -0.4 is 0 Å². The SMILES string of the molecule is CCC1=Cc2ccccc2[CH]1[Hf]([CH3])[CH2][CH2][Hf]([CH3])[CH]1C(CC)=Cc2ccccc21. The molecule has 0 spiro atoms. The molecule has 0 fully saturated rings. The van der Waals surface area contributed by atoms with Crippen LogP contribution in [-0.2, 0) is 42.9 Å². The van der Waals surface area contributed by atoms with Crippen LogP contribution in [0.4, 0.5) is 0 Å². The molecule has 0 radical (unpaired) electrons. The van der Waals surface area contributed by atoms with E-state index in [1.165, 1.54) is 24.0 Å². The maximum absolute atomic E-state index is 2.72. The second-order valence-electron chi connectivity index (χ2n) is 8.46. The molecule has 0 bridgehead atoms. The summed E-state index contributed by atoms with van der Waals surface area (Å²) in [6.45, 7) is 4.72. The van der Waals surface area contributed by atoms with E-state index in [2.05, 4.69) is 83.9 Å². The summed E-state index contributed by atoms with van der Waals surface area (Å²) < 4.78 is 10.4. The number of allylic oxidation sites excluding steroid dienone is 2. The summed E-state index contributed by atoms with van der Waals surface area (Å²) in [5.74, 6) is 0. The van der Waals surface area contributed by atoms with Gasteiger partial charge in [-0.2, -0.15) is 0 Å². The van der Waals surface area contributed by atoms with E-state index in [-0.39, 0.29) is 0 Å². The third-order valence-corrected chi connectivity index (χ3v) is 32.7. The predicted molar refractivity (Wildman–Crippen MR) is 116 cm³/mol. The Morgan fingerprint density at radius 1 is 0.643 bits per heavy atom. The summed E-state index contributed by atoms with van der Waals surface area (Å²) in [5.41, 5.74) is 9.88. The van der Waals surface area contributed by atoms with Crippen molar-refractivity contribution in [2.24, 2.45) is 0 Å². The molecule has 2 aliphatic rings. The van der Waals surface area contributed by atoms with Crippen molar-refractivity contribution in [2.75, 3.05) is 0 Å². The molecule has 2 aromatic carbocycles. The molecule has 0 aliphatic heterocycles. The first kappa shape index (κ1) is 20.9. The number of fused-ring (bicyclic) bond motifs is 2. The molecule has 0 amide bonds. The quantitative estimate of drug-likeness (QED) is 0.255. The number of rotatable bonds is 7. The molecule has 28 heavy (non-hydrogen) atoms. The van der Waals surface area contributed by atoms with Crippen molar-refractivity contribution in [3.63, 3.8) is 0 Å². The van der Waals surface area contributed by atoms with Gasteiger partial charge in [0.1, 0.15) is 0 Å². The zero-order valence-corrected chi connectivity index (χ0v) is 24.9. The van der Waals surface area contributed by atoms with Crippen LogP contribution in [0.15, 0.2) is 59.7 Å². The summed E-state index contributed by atoms with van der Waals surface area (Å²) in [6, 6.07) is 18.4. The molecule has 2 heteroatoms. The number of benzene rings is 2. The molecule has 4 rings (SSSR count). The Balaban J connectivity index is 1.47. The third-order valence-electron chi connectivity index (χ3n) is 6.75. The van der Waals surface area contributed by atoms with Crippen molar-refractivity contribution in [1.29, 1.82) is 0 Å². The van der Waals surface area contributed by atoms with Gasteiger partial charge in [0.25, 0.3) is 0 Å². The van der Waals surface area contributed by atoms with Gasteiger partial charge in [0.05, 0.1) is 0 Å². The maximum atomic E-state index is 2.72. The normalized spacial score (nSPS) is 19.7. The molecular formula is C26H32Hf2. The second-order valence-corrected chi connectivity index (χ2v) is 28.4. The first-order chi connectivity index (χ1) is 13.6. The fraction of sp³-hybridized carbons (Fsp3) is 0.385. The van der Waals surface area contributed by atoms with Crippen LogP contribution in [0.1, 0.15) is 56.3 Å². The molecule has 0 nitrogen and oxygen atoms in total. The van der Waals surface area contributed by atoms with Crippen LogP contribution in [0.2, 0.25) is 17.7 Å². The van der Waals surface area contributed by atoms with Crippen molar-refractivity contribution in [1.82, 2.24) is 0 Å². The molecule has 0 saturated heterocycles. The van der Waals surface area contributed by atoms with Crippen molar-refractivity contribution in [2.45, 2.75) is 51.8 Å².